The molecule has 0 saturated carbocycles. The minimum Gasteiger partial charge on any atom is -0.496 e. The smallest absolute Gasteiger partial charge is 0.263 e. The monoisotopic (exact) mass is 367 g/mol. The first-order valence-electron chi connectivity index (χ1n) is 9.49. The number of rotatable bonds is 6. The van der Waals surface area contributed by atoms with E-state index in [1.807, 2.05) is 24.3 Å². The van der Waals surface area contributed by atoms with Gasteiger partial charge in [0.15, 0.2) is 0 Å². The number of ether oxygens (including phenoxy) is 1. The molecule has 3 heterocycles. The summed E-state index contributed by atoms with van der Waals surface area (Å²) >= 11 is 0. The predicted octanol–water partition coefficient (Wildman–Crippen LogP) is 3.58. The minimum absolute atomic E-state index is 0.472. The first-order chi connectivity index (χ1) is 13.3. The van der Waals surface area contributed by atoms with Crippen molar-refractivity contribution in [3.63, 3.8) is 0 Å². The molecule has 4 rings (SSSR count). The lowest BCUT2D eigenvalue weighted by molar-refractivity contribution is 0.167. The third-order valence-electron chi connectivity index (χ3n) is 5.27. The Morgan fingerprint density at radius 3 is 3.00 bits per heavy atom. The van der Waals surface area contributed by atoms with Gasteiger partial charge in [-0.2, -0.15) is 4.98 Å². The molecule has 1 saturated heterocycles. The standard InChI is InChI=1S/C20H25N5O2/c1-14-7-5-6-11-25(14)12-10-21-19-17-18(24-27-20(17)23-13-22-19)15-8-3-4-9-16(15)26-2/h3-4,8-9,13-14H,5-7,10-12H2,1-2H3,(H,21,22,23). The number of likely N-dealkylation sites (tertiary alicyclic amines) is 1. The number of nitrogens with one attached hydrogen (secondary N) is 1. The zero-order valence-corrected chi connectivity index (χ0v) is 15.8. The summed E-state index contributed by atoms with van der Waals surface area (Å²) in [5.41, 5.74) is 2.03. The molecule has 142 valence electrons. The molecule has 0 radical (unpaired) electrons. The van der Waals surface area contributed by atoms with E-state index in [0.717, 1.165) is 35.6 Å². The highest BCUT2D eigenvalue weighted by molar-refractivity contribution is 5.98. The molecule has 1 atom stereocenters. The van der Waals surface area contributed by atoms with Crippen LogP contribution in [0.25, 0.3) is 22.4 Å². The van der Waals surface area contributed by atoms with Crippen LogP contribution in [0.2, 0.25) is 0 Å². The largest absolute Gasteiger partial charge is 0.496 e. The zero-order valence-electron chi connectivity index (χ0n) is 15.8. The lowest BCUT2D eigenvalue weighted by atomic mass is 10.0. The summed E-state index contributed by atoms with van der Waals surface area (Å²) in [7, 11) is 1.65. The number of fused-ring (bicyclic) bond motifs is 1. The van der Waals surface area contributed by atoms with Crippen molar-refractivity contribution in [3.05, 3.63) is 30.6 Å². The van der Waals surface area contributed by atoms with Crippen LogP contribution in [0.15, 0.2) is 35.1 Å². The molecule has 0 aliphatic carbocycles. The van der Waals surface area contributed by atoms with Crippen LogP contribution in [0.5, 0.6) is 5.75 Å². The third-order valence-corrected chi connectivity index (χ3v) is 5.27. The van der Waals surface area contributed by atoms with Gasteiger partial charge in [-0.1, -0.05) is 23.7 Å². The average Bonchev–Trinajstić information content (AvgIpc) is 3.14. The third kappa shape index (κ3) is 3.60. The van der Waals surface area contributed by atoms with E-state index in [0.29, 0.717) is 17.4 Å². The highest BCUT2D eigenvalue weighted by Crippen LogP contribution is 2.36. The Bertz CT molecular complexity index is 910. The maximum atomic E-state index is 5.48. The van der Waals surface area contributed by atoms with Crippen LogP contribution < -0.4 is 10.1 Å². The van der Waals surface area contributed by atoms with Crippen molar-refractivity contribution in [2.24, 2.45) is 0 Å². The molecule has 2 aromatic heterocycles. The Morgan fingerprint density at radius 2 is 2.15 bits per heavy atom. The molecular weight excluding hydrogens is 342 g/mol. The number of hydrogen-bond donors (Lipinski definition) is 1. The molecule has 1 aliphatic rings. The van der Waals surface area contributed by atoms with Crippen molar-refractivity contribution in [2.75, 3.05) is 32.1 Å². The van der Waals surface area contributed by atoms with Crippen molar-refractivity contribution in [1.82, 2.24) is 20.0 Å². The van der Waals surface area contributed by atoms with E-state index >= 15 is 0 Å². The predicted molar refractivity (Wildman–Crippen MR) is 105 cm³/mol. The van der Waals surface area contributed by atoms with Gasteiger partial charge in [0.25, 0.3) is 5.71 Å². The van der Waals surface area contributed by atoms with Crippen molar-refractivity contribution in [3.8, 4) is 17.0 Å². The Hall–Kier alpha value is -2.67. The zero-order chi connectivity index (χ0) is 18.6. The fraction of sp³-hybridized carbons (Fsp3) is 0.450. The van der Waals surface area contributed by atoms with Crippen molar-refractivity contribution in [1.29, 1.82) is 0 Å². The SMILES string of the molecule is COc1ccccc1-c1noc2ncnc(NCCN3CCCCC3C)c12. The van der Waals surface area contributed by atoms with Gasteiger partial charge in [-0.15, -0.1) is 0 Å². The lowest BCUT2D eigenvalue weighted by Crippen LogP contribution is -2.40. The minimum atomic E-state index is 0.472. The van der Waals surface area contributed by atoms with Gasteiger partial charge >= 0.3 is 0 Å². The molecule has 1 aromatic carbocycles. The van der Waals surface area contributed by atoms with Gasteiger partial charge in [0.1, 0.15) is 29.0 Å². The Kier molecular flexibility index (Phi) is 5.20. The second-order valence-corrected chi connectivity index (χ2v) is 6.94. The molecule has 1 fully saturated rings. The van der Waals surface area contributed by atoms with Gasteiger partial charge in [-0.3, -0.25) is 4.90 Å². The molecular formula is C20H25N5O2. The molecule has 27 heavy (non-hydrogen) atoms. The van der Waals surface area contributed by atoms with Gasteiger partial charge in [0, 0.05) is 24.7 Å². The first kappa shape index (κ1) is 17.7. The summed E-state index contributed by atoms with van der Waals surface area (Å²) in [4.78, 5) is 11.2. The Labute approximate surface area is 158 Å². The molecule has 1 aliphatic heterocycles. The molecule has 3 aromatic rings. The van der Waals surface area contributed by atoms with Crippen LogP contribution in [0.3, 0.4) is 0 Å². The lowest BCUT2D eigenvalue weighted by Gasteiger charge is -2.33. The van der Waals surface area contributed by atoms with Gasteiger partial charge in [-0.05, 0) is 38.4 Å². The van der Waals surface area contributed by atoms with E-state index in [9.17, 15) is 0 Å². The highest BCUT2D eigenvalue weighted by Gasteiger charge is 2.20. The van der Waals surface area contributed by atoms with E-state index in [-0.39, 0.29) is 0 Å². The summed E-state index contributed by atoms with van der Waals surface area (Å²) in [5, 5.41) is 8.48. The van der Waals surface area contributed by atoms with E-state index in [4.69, 9.17) is 9.26 Å². The molecule has 7 nitrogen and oxygen atoms in total. The summed E-state index contributed by atoms with van der Waals surface area (Å²) < 4.78 is 10.9. The first-order valence-corrected chi connectivity index (χ1v) is 9.49. The molecule has 0 spiro atoms. The molecule has 7 heteroatoms. The fourth-order valence-electron chi connectivity index (χ4n) is 3.75. The fourth-order valence-corrected chi connectivity index (χ4v) is 3.75. The van der Waals surface area contributed by atoms with Crippen LogP contribution in [-0.4, -0.2) is 52.8 Å². The van der Waals surface area contributed by atoms with E-state index < -0.39 is 0 Å². The number of aromatic nitrogens is 3. The molecule has 1 N–H and O–H groups in total. The maximum Gasteiger partial charge on any atom is 0.263 e. The molecule has 0 amide bonds. The van der Waals surface area contributed by atoms with Crippen LogP contribution in [-0.2, 0) is 0 Å². The summed E-state index contributed by atoms with van der Waals surface area (Å²) in [5.74, 6) is 1.48. The van der Waals surface area contributed by atoms with E-state index in [2.05, 4.69) is 32.3 Å². The summed E-state index contributed by atoms with van der Waals surface area (Å²) in [6.07, 6.45) is 5.40. The Morgan fingerprint density at radius 1 is 1.26 bits per heavy atom. The van der Waals surface area contributed by atoms with Crippen LogP contribution in [0.4, 0.5) is 5.82 Å². The number of anilines is 1. The topological polar surface area (TPSA) is 76.3 Å². The number of hydrogen-bond acceptors (Lipinski definition) is 7. The van der Waals surface area contributed by atoms with Crippen molar-refractivity contribution in [2.45, 2.75) is 32.2 Å². The van der Waals surface area contributed by atoms with Gasteiger partial charge < -0.3 is 14.6 Å². The van der Waals surface area contributed by atoms with Gasteiger partial charge in [0.2, 0.25) is 0 Å². The average molecular weight is 367 g/mol. The number of para-hydroxylation sites is 1. The van der Waals surface area contributed by atoms with Crippen molar-refractivity contribution < 1.29 is 9.26 Å². The normalized spacial score (nSPS) is 17.9. The molecule has 0 bridgehead atoms. The second kappa shape index (κ2) is 7.92. The highest BCUT2D eigenvalue weighted by atomic mass is 16.5. The maximum absolute atomic E-state index is 5.48. The molecule has 1 unspecified atom stereocenters. The number of piperidine rings is 1. The summed E-state index contributed by atoms with van der Waals surface area (Å²) in [6, 6.07) is 8.39. The van der Waals surface area contributed by atoms with Crippen LogP contribution in [0.1, 0.15) is 26.2 Å². The van der Waals surface area contributed by atoms with Gasteiger partial charge in [-0.25, -0.2) is 4.98 Å². The van der Waals surface area contributed by atoms with Crippen LogP contribution >= 0.6 is 0 Å². The van der Waals surface area contributed by atoms with Crippen molar-refractivity contribution >= 4 is 16.9 Å². The summed E-state index contributed by atoms with van der Waals surface area (Å²) in [6.45, 7) is 5.28. The second-order valence-electron chi connectivity index (χ2n) is 6.94. The van der Waals surface area contributed by atoms with E-state index in [1.54, 1.807) is 7.11 Å². The number of benzene rings is 1. The Balaban J connectivity index is 1.59. The number of methoxy groups -OCH3 is 1. The quantitative estimate of drug-likeness (QED) is 0.713. The van der Waals surface area contributed by atoms with Gasteiger partial charge in [0.05, 0.1) is 7.11 Å². The number of nitrogens with zero attached hydrogens (tertiary/aromatic N) is 4. The van der Waals surface area contributed by atoms with E-state index in [1.165, 1.54) is 32.1 Å². The van der Waals surface area contributed by atoms with Crippen LogP contribution in [0, 0.1) is 0 Å².